The Morgan fingerprint density at radius 1 is 1.31 bits per heavy atom. The summed E-state index contributed by atoms with van der Waals surface area (Å²) in [6.45, 7) is 1.24. The maximum atomic E-state index is 13.2. The fourth-order valence-corrected chi connectivity index (χ4v) is 1.84. The lowest BCUT2D eigenvalue weighted by atomic mass is 10.1. The summed E-state index contributed by atoms with van der Waals surface area (Å²) in [5.41, 5.74) is -0.349. The summed E-state index contributed by atoms with van der Waals surface area (Å²) in [4.78, 5) is 0. The van der Waals surface area contributed by atoms with Crippen molar-refractivity contribution in [3.05, 3.63) is 35.4 Å². The Morgan fingerprint density at radius 3 is 2.38 bits per heavy atom. The minimum Gasteiger partial charge on any atom is -0.387 e. The van der Waals surface area contributed by atoms with Crippen LogP contribution in [-0.4, -0.2) is 25.0 Å². The summed E-state index contributed by atoms with van der Waals surface area (Å²) in [6.07, 6.45) is -0.649. The average Bonchev–Trinajstić information content (AvgIpc) is 2.18. The summed E-state index contributed by atoms with van der Waals surface area (Å²) in [5.74, 6) is -1.56. The van der Waals surface area contributed by atoms with Gasteiger partial charge >= 0.3 is 0 Å². The van der Waals surface area contributed by atoms with Gasteiger partial charge in [0, 0.05) is 11.8 Å². The van der Waals surface area contributed by atoms with E-state index in [2.05, 4.69) is 0 Å². The molecule has 0 aromatic heterocycles. The largest absolute Gasteiger partial charge is 0.387 e. The van der Waals surface area contributed by atoms with E-state index in [1.54, 1.807) is 0 Å². The van der Waals surface area contributed by atoms with Crippen LogP contribution >= 0.6 is 0 Å². The first-order valence-electron chi connectivity index (χ1n) is 4.55. The molecule has 6 heteroatoms. The Bertz CT molecular complexity index is 485. The van der Waals surface area contributed by atoms with Gasteiger partial charge in [0.05, 0.1) is 11.4 Å². The molecule has 0 aliphatic carbocycles. The fourth-order valence-electron chi connectivity index (χ4n) is 1.23. The van der Waals surface area contributed by atoms with E-state index in [0.717, 1.165) is 24.5 Å². The molecular weight excluding hydrogens is 238 g/mol. The van der Waals surface area contributed by atoms with Crippen LogP contribution in [0, 0.1) is 11.6 Å². The first-order valence-corrected chi connectivity index (χ1v) is 6.51. The van der Waals surface area contributed by atoms with Crippen LogP contribution in [0.25, 0.3) is 0 Å². The van der Waals surface area contributed by atoms with Crippen LogP contribution in [0.4, 0.5) is 8.78 Å². The molecule has 0 spiro atoms. The summed E-state index contributed by atoms with van der Waals surface area (Å²) < 4.78 is 48.4. The molecule has 0 heterocycles. The predicted molar refractivity (Wildman–Crippen MR) is 55.6 cm³/mol. The van der Waals surface area contributed by atoms with E-state index in [1.165, 1.54) is 6.92 Å². The van der Waals surface area contributed by atoms with Crippen LogP contribution in [0.15, 0.2) is 18.2 Å². The van der Waals surface area contributed by atoms with E-state index in [-0.39, 0.29) is 5.56 Å². The average molecular weight is 250 g/mol. The molecule has 2 atom stereocenters. The lowest BCUT2D eigenvalue weighted by molar-refractivity contribution is 0.171. The highest BCUT2D eigenvalue weighted by molar-refractivity contribution is 7.91. The number of hydrogen-bond donors (Lipinski definition) is 1. The molecule has 2 unspecified atom stereocenters. The molecule has 0 aliphatic rings. The number of benzene rings is 1. The van der Waals surface area contributed by atoms with Crippen LogP contribution in [0.3, 0.4) is 0 Å². The first kappa shape index (κ1) is 13.1. The van der Waals surface area contributed by atoms with Crippen LogP contribution < -0.4 is 0 Å². The van der Waals surface area contributed by atoms with Gasteiger partial charge in [0.2, 0.25) is 0 Å². The monoisotopic (exact) mass is 250 g/mol. The Morgan fingerprint density at radius 2 is 1.88 bits per heavy atom. The second-order valence-electron chi connectivity index (χ2n) is 3.65. The van der Waals surface area contributed by atoms with Gasteiger partial charge in [-0.1, -0.05) is 0 Å². The molecule has 1 aromatic carbocycles. The van der Waals surface area contributed by atoms with Crippen LogP contribution in [-0.2, 0) is 9.84 Å². The molecule has 1 N–H and O–H groups in total. The number of hydrogen-bond acceptors (Lipinski definition) is 3. The molecule has 1 rings (SSSR count). The Hall–Kier alpha value is -1.01. The van der Waals surface area contributed by atoms with Gasteiger partial charge in [0.25, 0.3) is 0 Å². The van der Waals surface area contributed by atoms with Gasteiger partial charge < -0.3 is 5.11 Å². The third-order valence-corrected chi connectivity index (χ3v) is 4.01. The van der Waals surface area contributed by atoms with Gasteiger partial charge in [-0.3, -0.25) is 0 Å². The van der Waals surface area contributed by atoms with Crippen molar-refractivity contribution >= 4 is 9.84 Å². The highest BCUT2D eigenvalue weighted by Crippen LogP contribution is 2.24. The molecule has 1 aromatic rings. The van der Waals surface area contributed by atoms with Crippen molar-refractivity contribution in [3.8, 4) is 0 Å². The molecular formula is C10H12F2O3S. The Balaban J connectivity index is 3.14. The molecule has 0 radical (unpaired) electrons. The van der Waals surface area contributed by atoms with Crippen molar-refractivity contribution in [1.82, 2.24) is 0 Å². The van der Waals surface area contributed by atoms with Gasteiger partial charge in [-0.2, -0.15) is 0 Å². The zero-order chi connectivity index (χ0) is 12.5. The minimum atomic E-state index is -3.52. The molecule has 0 amide bonds. The van der Waals surface area contributed by atoms with Crippen LogP contribution in [0.1, 0.15) is 18.6 Å². The van der Waals surface area contributed by atoms with E-state index >= 15 is 0 Å². The Kier molecular flexibility index (Phi) is 3.64. The highest BCUT2D eigenvalue weighted by atomic mass is 32.2. The zero-order valence-corrected chi connectivity index (χ0v) is 9.63. The molecule has 0 bridgehead atoms. The van der Waals surface area contributed by atoms with E-state index in [4.69, 9.17) is 0 Å². The molecule has 16 heavy (non-hydrogen) atoms. The minimum absolute atomic E-state index is 0.349. The maximum absolute atomic E-state index is 13.2. The third-order valence-electron chi connectivity index (χ3n) is 2.40. The lowest BCUT2D eigenvalue weighted by Crippen LogP contribution is -2.25. The maximum Gasteiger partial charge on any atom is 0.152 e. The van der Waals surface area contributed by atoms with E-state index in [1.807, 2.05) is 0 Å². The summed E-state index contributed by atoms with van der Waals surface area (Å²) in [5, 5.41) is 8.45. The van der Waals surface area contributed by atoms with E-state index in [9.17, 15) is 22.3 Å². The quantitative estimate of drug-likeness (QED) is 0.883. The number of rotatable bonds is 3. The first-order chi connectivity index (χ1) is 7.23. The van der Waals surface area contributed by atoms with E-state index < -0.39 is 32.8 Å². The molecule has 0 saturated heterocycles. The van der Waals surface area contributed by atoms with Crippen LogP contribution in [0.2, 0.25) is 0 Å². The van der Waals surface area contributed by atoms with Gasteiger partial charge in [-0.25, -0.2) is 17.2 Å². The summed E-state index contributed by atoms with van der Waals surface area (Å²) in [6, 6.07) is 2.54. The highest BCUT2D eigenvalue weighted by Gasteiger charge is 2.27. The summed E-state index contributed by atoms with van der Waals surface area (Å²) in [7, 11) is -3.52. The van der Waals surface area contributed by atoms with Crippen molar-refractivity contribution in [1.29, 1.82) is 0 Å². The Labute approximate surface area is 92.6 Å². The van der Waals surface area contributed by atoms with Crippen molar-refractivity contribution in [2.24, 2.45) is 0 Å². The van der Waals surface area contributed by atoms with Gasteiger partial charge in [-0.15, -0.1) is 0 Å². The predicted octanol–water partition coefficient (Wildman–Crippen LogP) is 1.43. The SMILES string of the molecule is CC(C(O)c1cc(F)ccc1F)S(C)(=O)=O. The topological polar surface area (TPSA) is 54.4 Å². The molecule has 0 fully saturated rings. The molecule has 3 nitrogen and oxygen atoms in total. The molecule has 0 aliphatic heterocycles. The number of aliphatic hydroxyl groups excluding tert-OH is 1. The second-order valence-corrected chi connectivity index (χ2v) is 6.05. The van der Waals surface area contributed by atoms with E-state index in [0.29, 0.717) is 0 Å². The van der Waals surface area contributed by atoms with Crippen molar-refractivity contribution in [2.75, 3.05) is 6.26 Å². The van der Waals surface area contributed by atoms with Crippen molar-refractivity contribution in [3.63, 3.8) is 0 Å². The zero-order valence-electron chi connectivity index (χ0n) is 8.81. The lowest BCUT2D eigenvalue weighted by Gasteiger charge is -2.18. The number of sulfone groups is 1. The van der Waals surface area contributed by atoms with Gasteiger partial charge in [0.15, 0.2) is 9.84 Å². The van der Waals surface area contributed by atoms with Crippen molar-refractivity contribution in [2.45, 2.75) is 18.3 Å². The van der Waals surface area contributed by atoms with Gasteiger partial charge in [0.1, 0.15) is 11.6 Å². The number of aliphatic hydroxyl groups is 1. The van der Waals surface area contributed by atoms with Crippen molar-refractivity contribution < 1.29 is 22.3 Å². The summed E-state index contributed by atoms with van der Waals surface area (Å²) >= 11 is 0. The van der Waals surface area contributed by atoms with Crippen LogP contribution in [0.5, 0.6) is 0 Å². The normalized spacial score (nSPS) is 15.8. The van der Waals surface area contributed by atoms with Gasteiger partial charge in [-0.05, 0) is 25.1 Å². The third kappa shape index (κ3) is 2.76. The second kappa shape index (κ2) is 4.47. The number of halogens is 2. The fraction of sp³-hybridized carbons (Fsp3) is 0.400. The molecule has 0 saturated carbocycles. The standard InChI is InChI=1S/C10H12F2O3S/c1-6(16(2,14)15)10(13)8-5-7(11)3-4-9(8)12/h3-6,10,13H,1-2H3. The molecule has 90 valence electrons. The smallest absolute Gasteiger partial charge is 0.152 e.